The minimum Gasteiger partial charge on any atom is -0.211 e. The maximum Gasteiger partial charge on any atom is 0.241 e. The van der Waals surface area contributed by atoms with Gasteiger partial charge in [-0.2, -0.15) is 0 Å². The van der Waals surface area contributed by atoms with E-state index in [2.05, 4.69) is 20.7 Å². The number of rotatable bonds is 5. The first-order valence-corrected chi connectivity index (χ1v) is 7.81. The Balaban J connectivity index is 3.07. The highest BCUT2D eigenvalue weighted by atomic mass is 79.9. The summed E-state index contributed by atoms with van der Waals surface area (Å²) in [6.07, 6.45) is 0.707. The maximum absolute atomic E-state index is 13.1. The SMILES string of the molecule is Cc1cc(F)cc(C)c1S(=O)(=O)NCCCBr. The fraction of sp³-hybridized carbons (Fsp3) is 0.455. The lowest BCUT2D eigenvalue weighted by molar-refractivity contribution is 0.578. The van der Waals surface area contributed by atoms with Crippen molar-refractivity contribution in [3.8, 4) is 0 Å². The highest BCUT2D eigenvalue weighted by molar-refractivity contribution is 9.09. The molecule has 1 N–H and O–H groups in total. The fourth-order valence-corrected chi connectivity index (χ4v) is 3.47. The Morgan fingerprint density at radius 3 is 2.29 bits per heavy atom. The standard InChI is InChI=1S/C11H15BrFNO2S/c1-8-6-10(13)7-9(2)11(8)17(15,16)14-5-3-4-12/h6-7,14H,3-5H2,1-2H3. The third kappa shape index (κ3) is 3.76. The molecular weight excluding hydrogens is 309 g/mol. The highest BCUT2D eigenvalue weighted by Gasteiger charge is 2.19. The van der Waals surface area contributed by atoms with Gasteiger partial charge in [0.15, 0.2) is 0 Å². The van der Waals surface area contributed by atoms with Gasteiger partial charge in [-0.25, -0.2) is 17.5 Å². The topological polar surface area (TPSA) is 46.2 Å². The summed E-state index contributed by atoms with van der Waals surface area (Å²) in [6.45, 7) is 3.55. The van der Waals surface area contributed by atoms with Crippen molar-refractivity contribution in [3.05, 3.63) is 29.1 Å². The molecule has 0 saturated carbocycles. The van der Waals surface area contributed by atoms with E-state index in [0.29, 0.717) is 24.1 Å². The monoisotopic (exact) mass is 323 g/mol. The minimum absolute atomic E-state index is 0.175. The first-order chi connectivity index (χ1) is 7.88. The van der Waals surface area contributed by atoms with Crippen LogP contribution in [0.15, 0.2) is 17.0 Å². The van der Waals surface area contributed by atoms with Crippen LogP contribution in [0.25, 0.3) is 0 Å². The predicted molar refractivity (Wildman–Crippen MR) is 69.5 cm³/mol. The van der Waals surface area contributed by atoms with Gasteiger partial charge in [-0.3, -0.25) is 0 Å². The number of hydrogen-bond acceptors (Lipinski definition) is 2. The third-order valence-corrected chi connectivity index (χ3v) is 4.62. The van der Waals surface area contributed by atoms with Crippen molar-refractivity contribution in [2.45, 2.75) is 25.2 Å². The number of halogens is 2. The molecule has 6 heteroatoms. The van der Waals surface area contributed by atoms with Gasteiger partial charge in [0, 0.05) is 11.9 Å². The lowest BCUT2D eigenvalue weighted by atomic mass is 10.1. The van der Waals surface area contributed by atoms with Crippen molar-refractivity contribution < 1.29 is 12.8 Å². The van der Waals surface area contributed by atoms with Crippen molar-refractivity contribution in [1.82, 2.24) is 4.72 Å². The van der Waals surface area contributed by atoms with Gasteiger partial charge in [0.05, 0.1) is 4.90 Å². The van der Waals surface area contributed by atoms with E-state index < -0.39 is 15.8 Å². The van der Waals surface area contributed by atoms with E-state index in [1.54, 1.807) is 13.8 Å². The number of aryl methyl sites for hydroxylation is 2. The second-order valence-electron chi connectivity index (χ2n) is 3.81. The van der Waals surface area contributed by atoms with Crippen molar-refractivity contribution >= 4 is 26.0 Å². The van der Waals surface area contributed by atoms with E-state index in [1.807, 2.05) is 0 Å². The zero-order valence-electron chi connectivity index (χ0n) is 9.76. The number of benzene rings is 1. The zero-order valence-corrected chi connectivity index (χ0v) is 12.2. The van der Waals surface area contributed by atoms with Gasteiger partial charge in [-0.1, -0.05) is 15.9 Å². The Bertz CT molecular complexity index is 479. The second kappa shape index (κ2) is 5.93. The number of hydrogen-bond donors (Lipinski definition) is 1. The van der Waals surface area contributed by atoms with E-state index in [1.165, 1.54) is 12.1 Å². The molecule has 1 aromatic carbocycles. The number of nitrogens with one attached hydrogen (secondary N) is 1. The molecule has 0 aliphatic heterocycles. The van der Waals surface area contributed by atoms with Gasteiger partial charge < -0.3 is 0 Å². The normalized spacial score (nSPS) is 11.8. The maximum atomic E-state index is 13.1. The van der Waals surface area contributed by atoms with Gasteiger partial charge in [0.2, 0.25) is 10.0 Å². The molecule has 0 amide bonds. The van der Waals surface area contributed by atoms with E-state index in [9.17, 15) is 12.8 Å². The smallest absolute Gasteiger partial charge is 0.211 e. The van der Waals surface area contributed by atoms with Crippen molar-refractivity contribution in [2.24, 2.45) is 0 Å². The fourth-order valence-electron chi connectivity index (χ4n) is 1.67. The van der Waals surface area contributed by atoms with Gasteiger partial charge >= 0.3 is 0 Å². The Labute approximate surface area is 110 Å². The van der Waals surface area contributed by atoms with E-state index >= 15 is 0 Å². The average molecular weight is 324 g/mol. The predicted octanol–water partition coefficient (Wildman–Crippen LogP) is 2.51. The summed E-state index contributed by atoms with van der Waals surface area (Å²) in [6, 6.07) is 2.46. The summed E-state index contributed by atoms with van der Waals surface area (Å²) < 4.78 is 39.6. The molecule has 0 saturated heterocycles. The summed E-state index contributed by atoms with van der Waals surface area (Å²) in [5.41, 5.74) is 0.850. The summed E-state index contributed by atoms with van der Waals surface area (Å²) in [7, 11) is -3.55. The molecular formula is C11H15BrFNO2S. The first-order valence-electron chi connectivity index (χ1n) is 5.21. The van der Waals surface area contributed by atoms with Gasteiger partial charge in [0.1, 0.15) is 5.82 Å². The van der Waals surface area contributed by atoms with Gasteiger partial charge in [0.25, 0.3) is 0 Å². The van der Waals surface area contributed by atoms with Crippen LogP contribution in [-0.4, -0.2) is 20.3 Å². The van der Waals surface area contributed by atoms with Crippen LogP contribution < -0.4 is 4.72 Å². The highest BCUT2D eigenvalue weighted by Crippen LogP contribution is 2.21. The molecule has 3 nitrogen and oxygen atoms in total. The summed E-state index contributed by atoms with van der Waals surface area (Å²) in [4.78, 5) is 0.175. The Morgan fingerprint density at radius 1 is 1.29 bits per heavy atom. The van der Waals surface area contributed by atoms with Crippen LogP contribution in [0, 0.1) is 19.7 Å². The molecule has 0 heterocycles. The molecule has 0 aromatic heterocycles. The third-order valence-electron chi connectivity index (χ3n) is 2.30. The Hall–Kier alpha value is -0.460. The minimum atomic E-state index is -3.55. The van der Waals surface area contributed by atoms with Crippen LogP contribution in [-0.2, 0) is 10.0 Å². The Morgan fingerprint density at radius 2 is 1.82 bits per heavy atom. The van der Waals surface area contributed by atoms with Crippen molar-refractivity contribution in [3.63, 3.8) is 0 Å². The van der Waals surface area contributed by atoms with Crippen LogP contribution >= 0.6 is 15.9 Å². The van der Waals surface area contributed by atoms with E-state index in [-0.39, 0.29) is 4.90 Å². The van der Waals surface area contributed by atoms with Gasteiger partial charge in [-0.05, 0) is 43.5 Å². The molecule has 0 unspecified atom stereocenters. The molecule has 96 valence electrons. The molecule has 0 spiro atoms. The zero-order chi connectivity index (χ0) is 13.1. The molecule has 0 aliphatic rings. The molecule has 0 radical (unpaired) electrons. The van der Waals surface area contributed by atoms with Crippen LogP contribution in [0.2, 0.25) is 0 Å². The Kier molecular flexibility index (Phi) is 5.09. The quantitative estimate of drug-likeness (QED) is 0.668. The lowest BCUT2D eigenvalue weighted by Crippen LogP contribution is -2.26. The van der Waals surface area contributed by atoms with Crippen LogP contribution in [0.5, 0.6) is 0 Å². The molecule has 0 bridgehead atoms. The van der Waals surface area contributed by atoms with Crippen LogP contribution in [0.1, 0.15) is 17.5 Å². The van der Waals surface area contributed by atoms with E-state index in [4.69, 9.17) is 0 Å². The molecule has 1 aromatic rings. The second-order valence-corrected chi connectivity index (χ2v) is 6.31. The van der Waals surface area contributed by atoms with Crippen LogP contribution in [0.4, 0.5) is 4.39 Å². The average Bonchev–Trinajstić information content (AvgIpc) is 2.15. The summed E-state index contributed by atoms with van der Waals surface area (Å²) in [5, 5.41) is 0.733. The lowest BCUT2D eigenvalue weighted by Gasteiger charge is -2.11. The summed E-state index contributed by atoms with van der Waals surface area (Å²) in [5.74, 6) is -0.417. The first kappa shape index (κ1) is 14.6. The number of sulfonamides is 1. The van der Waals surface area contributed by atoms with E-state index in [0.717, 1.165) is 5.33 Å². The number of alkyl halides is 1. The van der Waals surface area contributed by atoms with Gasteiger partial charge in [-0.15, -0.1) is 0 Å². The van der Waals surface area contributed by atoms with Crippen molar-refractivity contribution in [1.29, 1.82) is 0 Å². The van der Waals surface area contributed by atoms with Crippen molar-refractivity contribution in [2.75, 3.05) is 11.9 Å². The van der Waals surface area contributed by atoms with Crippen LogP contribution in [0.3, 0.4) is 0 Å². The largest absolute Gasteiger partial charge is 0.241 e. The molecule has 0 aliphatic carbocycles. The molecule has 17 heavy (non-hydrogen) atoms. The molecule has 0 atom stereocenters. The molecule has 1 rings (SSSR count). The molecule has 0 fully saturated rings. The summed E-state index contributed by atoms with van der Waals surface area (Å²) >= 11 is 3.23.